The fraction of sp³-hybridized carbons (Fsp3) is 0.450. The van der Waals surface area contributed by atoms with Crippen molar-refractivity contribution in [1.82, 2.24) is 15.6 Å². The number of para-hydroxylation sites is 1. The number of nitrogens with one attached hydrogen (secondary N) is 3. The highest BCUT2D eigenvalue weighted by molar-refractivity contribution is 7.80. The van der Waals surface area contributed by atoms with Crippen molar-refractivity contribution in [1.29, 1.82) is 0 Å². The lowest BCUT2D eigenvalue weighted by Crippen LogP contribution is -2.35. The van der Waals surface area contributed by atoms with E-state index < -0.39 is 0 Å². The van der Waals surface area contributed by atoms with Gasteiger partial charge in [0.15, 0.2) is 5.11 Å². The average molecular weight is 342 g/mol. The van der Waals surface area contributed by atoms with Crippen LogP contribution in [0.3, 0.4) is 0 Å². The van der Waals surface area contributed by atoms with E-state index in [1.54, 1.807) is 0 Å². The van der Waals surface area contributed by atoms with E-state index in [1.165, 1.54) is 22.2 Å². The molecule has 128 valence electrons. The predicted molar refractivity (Wildman–Crippen MR) is 106 cm³/mol. The van der Waals surface area contributed by atoms with Crippen molar-refractivity contribution in [3.63, 3.8) is 0 Å². The van der Waals surface area contributed by atoms with E-state index >= 15 is 0 Å². The number of rotatable bonds is 6. The summed E-state index contributed by atoms with van der Waals surface area (Å²) in [5.41, 5.74) is 4.41. The van der Waals surface area contributed by atoms with Gasteiger partial charge in [0.2, 0.25) is 0 Å². The molecule has 0 radical (unpaired) electrons. The molecule has 2 atom stereocenters. The van der Waals surface area contributed by atoms with E-state index in [0.29, 0.717) is 28.9 Å². The maximum absolute atomic E-state index is 5.27. The molecule has 3 nitrogen and oxygen atoms in total. The van der Waals surface area contributed by atoms with E-state index in [2.05, 4.69) is 67.2 Å². The largest absolute Gasteiger partial charge is 0.363 e. The quantitative estimate of drug-likeness (QED) is 0.543. The standard InChI is InChI=1S/C20H27N3S/c1-5-11-21-19(24)22-12-10-15-18(20(15,3)4)17-13(2)23-16-9-7-6-8-14(16)17/h5-9,15,18,23H,1,10-12H2,2-4H3,(H2,21,22,24). The van der Waals surface area contributed by atoms with Crippen molar-refractivity contribution in [2.75, 3.05) is 13.1 Å². The van der Waals surface area contributed by atoms with E-state index in [9.17, 15) is 0 Å². The first-order chi connectivity index (χ1) is 11.5. The number of aromatic amines is 1. The molecule has 24 heavy (non-hydrogen) atoms. The highest BCUT2D eigenvalue weighted by Gasteiger charge is 2.58. The summed E-state index contributed by atoms with van der Waals surface area (Å²) in [5.74, 6) is 1.30. The van der Waals surface area contributed by atoms with Gasteiger partial charge in [-0.3, -0.25) is 0 Å². The van der Waals surface area contributed by atoms with Crippen molar-refractivity contribution in [3.05, 3.63) is 48.2 Å². The van der Waals surface area contributed by atoms with Crippen LogP contribution >= 0.6 is 12.2 Å². The lowest BCUT2D eigenvalue weighted by atomic mass is 10.0. The highest BCUT2D eigenvalue weighted by atomic mass is 32.1. The number of hydrogen-bond acceptors (Lipinski definition) is 1. The average Bonchev–Trinajstić information content (AvgIpc) is 2.91. The summed E-state index contributed by atoms with van der Waals surface area (Å²) < 4.78 is 0. The molecule has 1 aliphatic rings. The van der Waals surface area contributed by atoms with Crippen LogP contribution in [0.2, 0.25) is 0 Å². The molecule has 1 fully saturated rings. The SMILES string of the molecule is C=CCNC(=S)NCCC1C(c2c(C)[nH]c3ccccc23)C1(C)C. The van der Waals surface area contributed by atoms with Crippen molar-refractivity contribution >= 4 is 28.2 Å². The minimum absolute atomic E-state index is 0.341. The molecule has 3 N–H and O–H groups in total. The molecule has 2 aromatic rings. The predicted octanol–water partition coefficient (Wildman–Crippen LogP) is 4.26. The summed E-state index contributed by atoms with van der Waals surface area (Å²) in [6, 6.07) is 8.64. The molecule has 2 unspecified atom stereocenters. The van der Waals surface area contributed by atoms with Crippen LogP contribution in [-0.2, 0) is 0 Å². The van der Waals surface area contributed by atoms with Crippen LogP contribution in [0.4, 0.5) is 0 Å². The molecule has 1 aromatic heterocycles. The van der Waals surface area contributed by atoms with E-state index in [4.69, 9.17) is 12.2 Å². The van der Waals surface area contributed by atoms with Gasteiger partial charge in [0, 0.05) is 29.7 Å². The van der Waals surface area contributed by atoms with Gasteiger partial charge < -0.3 is 15.6 Å². The Morgan fingerprint density at radius 3 is 2.83 bits per heavy atom. The van der Waals surface area contributed by atoms with Crippen molar-refractivity contribution in [2.45, 2.75) is 33.1 Å². The number of fused-ring (bicyclic) bond motifs is 1. The first-order valence-electron chi connectivity index (χ1n) is 8.66. The van der Waals surface area contributed by atoms with Crippen LogP contribution in [-0.4, -0.2) is 23.2 Å². The topological polar surface area (TPSA) is 39.8 Å². The fourth-order valence-electron chi connectivity index (χ4n) is 4.12. The molecular formula is C20H27N3S. The zero-order chi connectivity index (χ0) is 17.3. The molecule has 1 saturated carbocycles. The van der Waals surface area contributed by atoms with Crippen LogP contribution in [0.1, 0.15) is 37.4 Å². The third-order valence-electron chi connectivity index (χ3n) is 5.45. The Morgan fingerprint density at radius 1 is 1.33 bits per heavy atom. The third-order valence-corrected chi connectivity index (χ3v) is 5.74. The van der Waals surface area contributed by atoms with Gasteiger partial charge in [0.25, 0.3) is 0 Å². The summed E-state index contributed by atoms with van der Waals surface area (Å²) in [5, 5.41) is 8.52. The van der Waals surface area contributed by atoms with Gasteiger partial charge in [-0.05, 0) is 54.4 Å². The molecule has 0 spiro atoms. The first-order valence-corrected chi connectivity index (χ1v) is 9.07. The summed E-state index contributed by atoms with van der Waals surface area (Å²) in [4.78, 5) is 3.55. The molecular weight excluding hydrogens is 314 g/mol. The van der Waals surface area contributed by atoms with Crippen molar-refractivity contribution in [2.24, 2.45) is 11.3 Å². The van der Waals surface area contributed by atoms with Gasteiger partial charge in [-0.1, -0.05) is 38.1 Å². The van der Waals surface area contributed by atoms with Crippen LogP contribution in [0.25, 0.3) is 10.9 Å². The second-order valence-corrected chi connectivity index (χ2v) is 7.74. The zero-order valence-corrected chi connectivity index (χ0v) is 15.6. The molecule has 0 amide bonds. The summed E-state index contributed by atoms with van der Waals surface area (Å²) in [6.45, 7) is 12.3. The van der Waals surface area contributed by atoms with Gasteiger partial charge in [-0.25, -0.2) is 0 Å². The Morgan fingerprint density at radius 2 is 2.08 bits per heavy atom. The van der Waals surface area contributed by atoms with Crippen LogP contribution in [0.15, 0.2) is 36.9 Å². The van der Waals surface area contributed by atoms with Crippen LogP contribution in [0.5, 0.6) is 0 Å². The smallest absolute Gasteiger partial charge is 0.166 e. The fourth-order valence-corrected chi connectivity index (χ4v) is 4.31. The minimum atomic E-state index is 0.341. The number of hydrogen-bond donors (Lipinski definition) is 3. The molecule has 1 aliphatic carbocycles. The monoisotopic (exact) mass is 341 g/mol. The highest BCUT2D eigenvalue weighted by Crippen LogP contribution is 2.67. The second-order valence-electron chi connectivity index (χ2n) is 7.33. The van der Waals surface area contributed by atoms with Gasteiger partial charge in [0.1, 0.15) is 0 Å². The van der Waals surface area contributed by atoms with Crippen molar-refractivity contribution in [3.8, 4) is 0 Å². The van der Waals surface area contributed by atoms with E-state index in [-0.39, 0.29) is 0 Å². The Hall–Kier alpha value is -1.81. The van der Waals surface area contributed by atoms with Crippen LogP contribution in [0, 0.1) is 18.3 Å². The molecule has 4 heteroatoms. The molecule has 0 saturated heterocycles. The Labute approximate surface area is 149 Å². The van der Waals surface area contributed by atoms with Gasteiger partial charge in [-0.2, -0.15) is 0 Å². The van der Waals surface area contributed by atoms with Gasteiger partial charge >= 0.3 is 0 Å². The number of aryl methyl sites for hydroxylation is 1. The third kappa shape index (κ3) is 3.07. The first kappa shape index (κ1) is 17.0. The number of aromatic nitrogens is 1. The number of thiocarbonyl (C=S) groups is 1. The molecule has 0 bridgehead atoms. The second kappa shape index (κ2) is 6.60. The normalized spacial score (nSPS) is 21.5. The lowest BCUT2D eigenvalue weighted by Gasteiger charge is -2.09. The lowest BCUT2D eigenvalue weighted by molar-refractivity contribution is 0.527. The van der Waals surface area contributed by atoms with E-state index in [1.807, 2.05) is 6.08 Å². The Balaban J connectivity index is 1.67. The number of H-pyrrole nitrogens is 1. The summed E-state index contributed by atoms with van der Waals surface area (Å²) in [6.07, 6.45) is 2.94. The molecule has 1 heterocycles. The maximum atomic E-state index is 5.27. The summed E-state index contributed by atoms with van der Waals surface area (Å²) >= 11 is 5.27. The van der Waals surface area contributed by atoms with E-state index in [0.717, 1.165) is 13.0 Å². The minimum Gasteiger partial charge on any atom is -0.363 e. The molecule has 0 aliphatic heterocycles. The molecule has 3 rings (SSSR count). The summed E-state index contributed by atoms with van der Waals surface area (Å²) in [7, 11) is 0. The number of benzene rings is 1. The van der Waals surface area contributed by atoms with Crippen molar-refractivity contribution < 1.29 is 0 Å². The Bertz CT molecular complexity index is 759. The maximum Gasteiger partial charge on any atom is 0.166 e. The van der Waals surface area contributed by atoms with Gasteiger partial charge in [-0.15, -0.1) is 6.58 Å². The van der Waals surface area contributed by atoms with Gasteiger partial charge in [0.05, 0.1) is 0 Å². The Kier molecular flexibility index (Phi) is 4.68. The molecule has 1 aromatic carbocycles. The zero-order valence-electron chi connectivity index (χ0n) is 14.8. The van der Waals surface area contributed by atoms with Crippen LogP contribution < -0.4 is 10.6 Å².